The summed E-state index contributed by atoms with van der Waals surface area (Å²) < 4.78 is 13.5. The van der Waals surface area contributed by atoms with Gasteiger partial charge in [0.1, 0.15) is 23.5 Å². The number of benzene rings is 1. The summed E-state index contributed by atoms with van der Waals surface area (Å²) in [5.41, 5.74) is 2.44. The highest BCUT2D eigenvalue weighted by Gasteiger charge is 2.13. The smallest absolute Gasteiger partial charge is 0.277 e. The zero-order valence-corrected chi connectivity index (χ0v) is 16.0. The standard InChI is InChI=1S/C21H16N6O3/c1-29-15-7-5-14(6-8-15)17-12-18-21(28)26(10-11-27(18)24-17)13-19-23-20(25-30-19)16-4-2-3-9-22-16/h2-12H,13H2,1H3. The summed E-state index contributed by atoms with van der Waals surface area (Å²) in [4.78, 5) is 21.5. The van der Waals surface area contributed by atoms with Crippen LogP contribution in [0.25, 0.3) is 28.3 Å². The third-order valence-corrected chi connectivity index (χ3v) is 4.66. The van der Waals surface area contributed by atoms with Crippen molar-refractivity contribution >= 4 is 5.52 Å². The lowest BCUT2D eigenvalue weighted by atomic mass is 10.1. The maximum absolute atomic E-state index is 12.9. The van der Waals surface area contributed by atoms with Gasteiger partial charge in [-0.15, -0.1) is 0 Å². The fourth-order valence-corrected chi connectivity index (χ4v) is 3.12. The van der Waals surface area contributed by atoms with Gasteiger partial charge in [-0.3, -0.25) is 9.78 Å². The summed E-state index contributed by atoms with van der Waals surface area (Å²) in [7, 11) is 1.62. The van der Waals surface area contributed by atoms with Crippen LogP contribution in [0.2, 0.25) is 0 Å². The Balaban J connectivity index is 1.45. The normalized spacial score (nSPS) is 11.1. The molecule has 4 heterocycles. The highest BCUT2D eigenvalue weighted by Crippen LogP contribution is 2.21. The topological polar surface area (TPSA) is 100 Å². The van der Waals surface area contributed by atoms with Gasteiger partial charge in [0.2, 0.25) is 11.7 Å². The summed E-state index contributed by atoms with van der Waals surface area (Å²) in [6.07, 6.45) is 5.02. The number of methoxy groups -OCH3 is 1. The van der Waals surface area contributed by atoms with Crippen molar-refractivity contribution in [3.05, 3.63) is 83.4 Å². The van der Waals surface area contributed by atoms with Crippen LogP contribution in [-0.2, 0) is 6.54 Å². The maximum Gasteiger partial charge on any atom is 0.277 e. The molecule has 0 aliphatic carbocycles. The maximum atomic E-state index is 12.9. The van der Waals surface area contributed by atoms with Crippen LogP contribution >= 0.6 is 0 Å². The number of rotatable bonds is 5. The van der Waals surface area contributed by atoms with Gasteiger partial charge in [0.15, 0.2) is 0 Å². The van der Waals surface area contributed by atoms with E-state index in [9.17, 15) is 4.79 Å². The number of ether oxygens (including phenoxy) is 1. The third-order valence-electron chi connectivity index (χ3n) is 4.66. The largest absolute Gasteiger partial charge is 0.497 e. The van der Waals surface area contributed by atoms with Crippen molar-refractivity contribution in [1.82, 2.24) is 29.3 Å². The van der Waals surface area contributed by atoms with E-state index < -0.39 is 0 Å². The van der Waals surface area contributed by atoms with E-state index in [1.54, 1.807) is 42.3 Å². The average molecular weight is 400 g/mol. The van der Waals surface area contributed by atoms with Gasteiger partial charge in [0.25, 0.3) is 5.56 Å². The highest BCUT2D eigenvalue weighted by molar-refractivity contribution is 5.66. The molecule has 5 rings (SSSR count). The van der Waals surface area contributed by atoms with Gasteiger partial charge in [-0.2, -0.15) is 10.1 Å². The number of fused-ring (bicyclic) bond motifs is 1. The lowest BCUT2D eigenvalue weighted by molar-refractivity contribution is 0.370. The molecule has 0 amide bonds. The minimum atomic E-state index is -0.206. The zero-order valence-electron chi connectivity index (χ0n) is 16.0. The Bertz CT molecular complexity index is 1370. The van der Waals surface area contributed by atoms with E-state index in [4.69, 9.17) is 9.26 Å². The van der Waals surface area contributed by atoms with E-state index in [2.05, 4.69) is 20.2 Å². The van der Waals surface area contributed by atoms with Crippen LogP contribution < -0.4 is 10.3 Å². The molecule has 0 radical (unpaired) electrons. The van der Waals surface area contributed by atoms with Crippen molar-refractivity contribution in [2.75, 3.05) is 7.11 Å². The number of nitrogens with zero attached hydrogens (tertiary/aromatic N) is 6. The fourth-order valence-electron chi connectivity index (χ4n) is 3.12. The molecular formula is C21H16N6O3. The molecule has 9 heteroatoms. The van der Waals surface area contributed by atoms with E-state index in [-0.39, 0.29) is 12.1 Å². The number of aromatic nitrogens is 6. The van der Waals surface area contributed by atoms with Gasteiger partial charge in [-0.1, -0.05) is 11.2 Å². The van der Waals surface area contributed by atoms with Crippen LogP contribution in [0, 0.1) is 0 Å². The average Bonchev–Trinajstić information content (AvgIpc) is 3.44. The molecule has 0 saturated heterocycles. The predicted octanol–water partition coefficient (Wildman–Crippen LogP) is 2.66. The van der Waals surface area contributed by atoms with Gasteiger partial charge in [0, 0.05) is 24.2 Å². The van der Waals surface area contributed by atoms with Crippen LogP contribution in [-0.4, -0.2) is 36.4 Å². The Morgan fingerprint density at radius 2 is 1.93 bits per heavy atom. The number of hydrogen-bond donors (Lipinski definition) is 0. The van der Waals surface area contributed by atoms with Crippen molar-refractivity contribution < 1.29 is 9.26 Å². The molecule has 0 aliphatic heterocycles. The van der Waals surface area contributed by atoms with E-state index in [0.717, 1.165) is 11.3 Å². The van der Waals surface area contributed by atoms with E-state index in [1.807, 2.05) is 36.4 Å². The van der Waals surface area contributed by atoms with Crippen LogP contribution in [0.4, 0.5) is 0 Å². The summed E-state index contributed by atoms with van der Waals surface area (Å²) in [6.45, 7) is 0.151. The second-order valence-electron chi connectivity index (χ2n) is 6.55. The third kappa shape index (κ3) is 3.22. The quantitative estimate of drug-likeness (QED) is 0.447. The van der Waals surface area contributed by atoms with Gasteiger partial charge in [-0.05, 0) is 42.5 Å². The Labute approximate surface area is 170 Å². The minimum absolute atomic E-state index is 0.151. The SMILES string of the molecule is COc1ccc(-c2cc3c(=O)n(Cc4nc(-c5ccccn5)no4)ccn3n2)cc1. The molecule has 0 unspecified atom stereocenters. The Morgan fingerprint density at radius 3 is 2.70 bits per heavy atom. The second kappa shape index (κ2) is 7.28. The minimum Gasteiger partial charge on any atom is -0.497 e. The molecule has 4 aromatic heterocycles. The van der Waals surface area contributed by atoms with E-state index in [0.29, 0.717) is 28.6 Å². The molecule has 0 N–H and O–H groups in total. The predicted molar refractivity (Wildman–Crippen MR) is 108 cm³/mol. The van der Waals surface area contributed by atoms with Crippen LogP contribution in [0.5, 0.6) is 5.75 Å². The van der Waals surface area contributed by atoms with Crippen LogP contribution in [0.1, 0.15) is 5.89 Å². The lowest BCUT2D eigenvalue weighted by Gasteiger charge is -2.01. The summed E-state index contributed by atoms with van der Waals surface area (Å²) in [6, 6.07) is 14.7. The molecule has 30 heavy (non-hydrogen) atoms. The summed E-state index contributed by atoms with van der Waals surface area (Å²) in [5.74, 6) is 1.46. The molecule has 148 valence electrons. The molecule has 0 bridgehead atoms. The Morgan fingerprint density at radius 1 is 1.07 bits per heavy atom. The van der Waals surface area contributed by atoms with Gasteiger partial charge in [-0.25, -0.2) is 4.52 Å². The monoisotopic (exact) mass is 400 g/mol. The number of pyridine rings is 1. The van der Waals surface area contributed by atoms with Crippen molar-refractivity contribution in [3.8, 4) is 28.5 Å². The zero-order chi connectivity index (χ0) is 20.5. The molecule has 0 fully saturated rings. The Kier molecular flexibility index (Phi) is 4.32. The lowest BCUT2D eigenvalue weighted by Crippen LogP contribution is -2.21. The van der Waals surface area contributed by atoms with Gasteiger partial charge in [0.05, 0.1) is 12.8 Å². The van der Waals surface area contributed by atoms with Crippen molar-refractivity contribution in [3.63, 3.8) is 0 Å². The summed E-state index contributed by atoms with van der Waals surface area (Å²) >= 11 is 0. The highest BCUT2D eigenvalue weighted by atomic mass is 16.5. The molecule has 1 aromatic carbocycles. The molecule has 0 spiro atoms. The molecule has 0 aliphatic rings. The van der Waals surface area contributed by atoms with Gasteiger partial charge >= 0.3 is 0 Å². The molecule has 5 aromatic rings. The fraction of sp³-hybridized carbons (Fsp3) is 0.0952. The van der Waals surface area contributed by atoms with E-state index in [1.165, 1.54) is 4.57 Å². The van der Waals surface area contributed by atoms with Crippen molar-refractivity contribution in [2.45, 2.75) is 6.54 Å². The first-order valence-electron chi connectivity index (χ1n) is 9.18. The first-order valence-corrected chi connectivity index (χ1v) is 9.18. The second-order valence-corrected chi connectivity index (χ2v) is 6.55. The molecule has 0 saturated carbocycles. The first-order chi connectivity index (χ1) is 14.7. The Hall–Kier alpha value is -4.27. The molecular weight excluding hydrogens is 384 g/mol. The number of hydrogen-bond acceptors (Lipinski definition) is 7. The van der Waals surface area contributed by atoms with Gasteiger partial charge < -0.3 is 13.8 Å². The molecule has 0 atom stereocenters. The van der Waals surface area contributed by atoms with E-state index >= 15 is 0 Å². The van der Waals surface area contributed by atoms with Crippen molar-refractivity contribution in [1.29, 1.82) is 0 Å². The van der Waals surface area contributed by atoms with Crippen LogP contribution in [0.15, 0.2) is 76.4 Å². The molecule has 9 nitrogen and oxygen atoms in total. The van der Waals surface area contributed by atoms with Crippen molar-refractivity contribution in [2.24, 2.45) is 0 Å². The first kappa shape index (κ1) is 17.8. The van der Waals surface area contributed by atoms with Crippen LogP contribution in [0.3, 0.4) is 0 Å². The summed E-state index contributed by atoms with van der Waals surface area (Å²) in [5, 5.41) is 8.43.